The van der Waals surface area contributed by atoms with Crippen LogP contribution in [0, 0.1) is 0 Å². The Morgan fingerprint density at radius 2 is 1.72 bits per heavy atom. The van der Waals surface area contributed by atoms with Crippen LogP contribution in [0.15, 0.2) is 48.9 Å². The Hall–Kier alpha value is -3.15. The highest BCUT2D eigenvalue weighted by atomic mass is 15.2. The van der Waals surface area contributed by atoms with Crippen molar-refractivity contribution in [2.45, 2.75) is 39.2 Å². The van der Waals surface area contributed by atoms with Crippen LogP contribution < -0.4 is 10.2 Å². The first-order valence-electron chi connectivity index (χ1n) is 10.4. The van der Waals surface area contributed by atoms with Gasteiger partial charge in [-0.1, -0.05) is 12.1 Å². The van der Waals surface area contributed by atoms with Crippen molar-refractivity contribution in [1.82, 2.24) is 19.5 Å². The lowest BCUT2D eigenvalue weighted by Crippen LogP contribution is -2.29. The van der Waals surface area contributed by atoms with E-state index in [1.54, 1.807) is 0 Å². The average Bonchev–Trinajstić information content (AvgIpc) is 3.20. The van der Waals surface area contributed by atoms with Crippen LogP contribution in [0.2, 0.25) is 0 Å². The van der Waals surface area contributed by atoms with E-state index < -0.39 is 0 Å². The average molecular weight is 387 g/mol. The van der Waals surface area contributed by atoms with Crippen molar-refractivity contribution in [2.75, 3.05) is 23.3 Å². The second-order valence-corrected chi connectivity index (χ2v) is 8.03. The third-order valence-corrected chi connectivity index (χ3v) is 5.70. The molecule has 0 amide bonds. The van der Waals surface area contributed by atoms with Crippen LogP contribution in [0.5, 0.6) is 0 Å². The van der Waals surface area contributed by atoms with Gasteiger partial charge < -0.3 is 14.8 Å². The normalized spacial score (nSPS) is 14.8. The number of hydrogen-bond donors (Lipinski definition) is 1. The van der Waals surface area contributed by atoms with E-state index in [2.05, 4.69) is 69.1 Å². The molecule has 6 heteroatoms. The number of aromatic nitrogens is 4. The number of piperidine rings is 1. The highest BCUT2D eigenvalue weighted by molar-refractivity contribution is 6.03. The summed E-state index contributed by atoms with van der Waals surface area (Å²) in [6, 6.07) is 10.9. The van der Waals surface area contributed by atoms with Gasteiger partial charge in [-0.25, -0.2) is 15.0 Å². The van der Waals surface area contributed by atoms with E-state index in [1.165, 1.54) is 30.3 Å². The zero-order valence-electron chi connectivity index (χ0n) is 17.0. The van der Waals surface area contributed by atoms with Crippen molar-refractivity contribution in [2.24, 2.45) is 0 Å². The summed E-state index contributed by atoms with van der Waals surface area (Å²) >= 11 is 0. The van der Waals surface area contributed by atoms with Gasteiger partial charge in [0, 0.05) is 42.3 Å². The molecule has 0 saturated carbocycles. The van der Waals surface area contributed by atoms with E-state index in [9.17, 15) is 0 Å². The topological polar surface area (TPSA) is 58.9 Å². The van der Waals surface area contributed by atoms with Crippen molar-refractivity contribution in [3.8, 4) is 0 Å². The largest absolute Gasteiger partial charge is 0.370 e. The molecular weight excluding hydrogens is 360 g/mol. The molecule has 0 bridgehead atoms. The van der Waals surface area contributed by atoms with Crippen molar-refractivity contribution in [3.05, 3.63) is 48.9 Å². The fourth-order valence-electron chi connectivity index (χ4n) is 4.14. The summed E-state index contributed by atoms with van der Waals surface area (Å²) in [4.78, 5) is 16.3. The molecule has 0 spiro atoms. The predicted molar refractivity (Wildman–Crippen MR) is 119 cm³/mol. The fraction of sp³-hybridized carbons (Fsp3) is 0.348. The molecule has 6 nitrogen and oxygen atoms in total. The number of hydrogen-bond acceptors (Lipinski definition) is 5. The van der Waals surface area contributed by atoms with Crippen molar-refractivity contribution in [3.63, 3.8) is 0 Å². The Balaban J connectivity index is 1.46. The third kappa shape index (κ3) is 3.39. The third-order valence-electron chi connectivity index (χ3n) is 5.70. The Morgan fingerprint density at radius 1 is 0.897 bits per heavy atom. The Morgan fingerprint density at radius 3 is 2.48 bits per heavy atom. The first kappa shape index (κ1) is 17.9. The lowest BCUT2D eigenvalue weighted by Gasteiger charge is -2.28. The summed E-state index contributed by atoms with van der Waals surface area (Å²) in [6.07, 6.45) is 9.80. The molecule has 148 valence electrons. The van der Waals surface area contributed by atoms with Gasteiger partial charge in [0.05, 0.1) is 17.4 Å². The van der Waals surface area contributed by atoms with Crippen molar-refractivity contribution >= 4 is 39.3 Å². The molecule has 0 unspecified atom stereocenters. The van der Waals surface area contributed by atoms with Crippen molar-refractivity contribution in [1.29, 1.82) is 0 Å². The summed E-state index contributed by atoms with van der Waals surface area (Å²) < 4.78 is 2.26. The molecule has 0 aliphatic carbocycles. The lowest BCUT2D eigenvalue weighted by molar-refractivity contribution is 0.577. The molecule has 3 aromatic heterocycles. The predicted octanol–water partition coefficient (Wildman–Crippen LogP) is 5.29. The summed E-state index contributed by atoms with van der Waals surface area (Å²) in [7, 11) is 0. The zero-order chi connectivity index (χ0) is 19.8. The van der Waals surface area contributed by atoms with Crippen LogP contribution in [0.3, 0.4) is 0 Å². The second-order valence-electron chi connectivity index (χ2n) is 8.03. The standard InChI is InChI=1S/C23H26N6/c1-16(2)29-13-10-17-6-7-18-14-25-23(27-21(18)22(17)29)26-20-9-8-19(15-24-20)28-11-4-3-5-12-28/h6-10,13-16H,3-5,11-12H2,1-2H3,(H,24,25,26,27). The molecule has 1 N–H and O–H groups in total. The Bertz CT molecular complexity index is 1140. The molecule has 1 aliphatic heterocycles. The fourth-order valence-corrected chi connectivity index (χ4v) is 4.14. The molecule has 1 aromatic carbocycles. The summed E-state index contributed by atoms with van der Waals surface area (Å²) in [5.74, 6) is 1.33. The molecule has 1 aliphatic rings. The lowest BCUT2D eigenvalue weighted by atomic mass is 10.1. The van der Waals surface area contributed by atoms with Gasteiger partial charge >= 0.3 is 0 Å². The van der Waals surface area contributed by atoms with E-state index >= 15 is 0 Å². The van der Waals surface area contributed by atoms with Gasteiger partial charge in [0.15, 0.2) is 0 Å². The van der Waals surface area contributed by atoms with E-state index in [0.717, 1.165) is 35.3 Å². The number of nitrogens with one attached hydrogen (secondary N) is 1. The number of pyridine rings is 1. The van der Waals surface area contributed by atoms with E-state index in [4.69, 9.17) is 4.98 Å². The number of fused-ring (bicyclic) bond motifs is 3. The first-order chi connectivity index (χ1) is 14.2. The van der Waals surface area contributed by atoms with E-state index in [1.807, 2.05) is 18.5 Å². The minimum Gasteiger partial charge on any atom is -0.370 e. The summed E-state index contributed by atoms with van der Waals surface area (Å²) in [5.41, 5.74) is 3.30. The van der Waals surface area contributed by atoms with E-state index in [-0.39, 0.29) is 0 Å². The second kappa shape index (κ2) is 7.35. The molecule has 4 heterocycles. The highest BCUT2D eigenvalue weighted by Gasteiger charge is 2.13. The maximum absolute atomic E-state index is 4.83. The molecule has 1 fully saturated rings. The van der Waals surface area contributed by atoms with Crippen LogP contribution in [0.1, 0.15) is 39.2 Å². The Labute approximate surface area is 170 Å². The molecule has 1 saturated heterocycles. The molecule has 5 rings (SSSR count). The number of nitrogens with zero attached hydrogens (tertiary/aromatic N) is 5. The maximum Gasteiger partial charge on any atom is 0.228 e. The SMILES string of the molecule is CC(C)n1ccc2ccc3cnc(Nc4ccc(N5CCCCC5)cn4)nc3c21. The number of benzene rings is 1. The van der Waals surface area contributed by atoms with Gasteiger partial charge in [-0.2, -0.15) is 0 Å². The van der Waals surface area contributed by atoms with Gasteiger partial charge in [-0.3, -0.25) is 0 Å². The van der Waals surface area contributed by atoms with Crippen LogP contribution in [-0.4, -0.2) is 32.6 Å². The molecule has 29 heavy (non-hydrogen) atoms. The van der Waals surface area contributed by atoms with Gasteiger partial charge in [0.1, 0.15) is 11.3 Å². The van der Waals surface area contributed by atoms with Crippen LogP contribution in [-0.2, 0) is 0 Å². The van der Waals surface area contributed by atoms with Crippen LogP contribution in [0.4, 0.5) is 17.5 Å². The first-order valence-corrected chi connectivity index (χ1v) is 10.4. The smallest absolute Gasteiger partial charge is 0.228 e. The number of anilines is 3. The molecule has 4 aromatic rings. The van der Waals surface area contributed by atoms with Gasteiger partial charge in [0.2, 0.25) is 5.95 Å². The molecular formula is C23H26N6. The van der Waals surface area contributed by atoms with Crippen LogP contribution in [0.25, 0.3) is 21.8 Å². The maximum atomic E-state index is 4.83. The molecule has 0 atom stereocenters. The van der Waals surface area contributed by atoms with Gasteiger partial charge in [0.25, 0.3) is 0 Å². The summed E-state index contributed by atoms with van der Waals surface area (Å²) in [6.45, 7) is 6.61. The monoisotopic (exact) mass is 386 g/mol. The van der Waals surface area contributed by atoms with Gasteiger partial charge in [-0.05, 0) is 51.3 Å². The van der Waals surface area contributed by atoms with Crippen LogP contribution >= 0.6 is 0 Å². The van der Waals surface area contributed by atoms with Gasteiger partial charge in [-0.15, -0.1) is 0 Å². The number of rotatable bonds is 4. The highest BCUT2D eigenvalue weighted by Crippen LogP contribution is 2.28. The minimum atomic E-state index is 0.369. The van der Waals surface area contributed by atoms with E-state index in [0.29, 0.717) is 12.0 Å². The zero-order valence-corrected chi connectivity index (χ0v) is 17.0. The molecule has 0 radical (unpaired) electrons. The quantitative estimate of drug-likeness (QED) is 0.516. The van der Waals surface area contributed by atoms with Crippen molar-refractivity contribution < 1.29 is 0 Å². The minimum absolute atomic E-state index is 0.369. The summed E-state index contributed by atoms with van der Waals surface area (Å²) in [5, 5.41) is 5.50. The Kier molecular flexibility index (Phi) is 4.54.